The summed E-state index contributed by atoms with van der Waals surface area (Å²) in [5, 5.41) is 5.92. The molecule has 0 saturated carbocycles. The summed E-state index contributed by atoms with van der Waals surface area (Å²) in [4.78, 5) is 17.5. The molecule has 0 radical (unpaired) electrons. The monoisotopic (exact) mass is 614 g/mol. The summed E-state index contributed by atoms with van der Waals surface area (Å²) >= 11 is 0. The molecule has 1 heterocycles. The highest BCUT2D eigenvalue weighted by Gasteiger charge is 2.29. The predicted octanol–water partition coefficient (Wildman–Crippen LogP) is 6.39. The minimum Gasteiger partial charge on any atom is -0.497 e. The van der Waals surface area contributed by atoms with Crippen LogP contribution in [0, 0.1) is 5.82 Å². The molecule has 1 amide bonds. The van der Waals surface area contributed by atoms with Crippen molar-refractivity contribution < 1.29 is 27.1 Å². The van der Waals surface area contributed by atoms with Crippen molar-refractivity contribution in [1.29, 1.82) is 0 Å². The first-order valence-corrected chi connectivity index (χ1v) is 15.2. The fraction of sp³-hybridized carbons (Fsp3) is 0.152. The molecule has 226 valence electrons. The quantitative estimate of drug-likeness (QED) is 0.212. The molecule has 1 aliphatic rings. The molecule has 4 aromatic rings. The Labute approximate surface area is 255 Å². The second kappa shape index (κ2) is 13.1. The zero-order chi connectivity index (χ0) is 31.3. The average Bonchev–Trinajstić information content (AvgIpc) is 3.16. The fourth-order valence-corrected chi connectivity index (χ4v) is 6.07. The molecule has 5 rings (SSSR count). The molecule has 0 aromatic heterocycles. The summed E-state index contributed by atoms with van der Waals surface area (Å²) in [5.41, 5.74) is 3.42. The highest BCUT2D eigenvalue weighted by atomic mass is 32.2. The van der Waals surface area contributed by atoms with Gasteiger partial charge in [0.25, 0.3) is 5.91 Å². The van der Waals surface area contributed by atoms with Gasteiger partial charge in [0, 0.05) is 40.7 Å². The normalized spacial score (nSPS) is 15.5. The SMILES string of the molecule is C/C=C1/CC(NS(=O)(=O)c2cccc(NC(=O)c3cccc(F)c3)c2)C(Nc2cc(OC)cc(OC)c2)=Nc2ccccc21. The second-order valence-electron chi connectivity index (χ2n) is 9.92. The number of carbonyl (C=O) groups is 1. The molecular formula is C33H31FN4O5S. The summed E-state index contributed by atoms with van der Waals surface area (Å²) in [6.45, 7) is 1.90. The van der Waals surface area contributed by atoms with Gasteiger partial charge in [-0.15, -0.1) is 0 Å². The summed E-state index contributed by atoms with van der Waals surface area (Å²) < 4.78 is 54.9. The number of sulfonamides is 1. The second-order valence-corrected chi connectivity index (χ2v) is 11.6. The minimum absolute atomic E-state index is 0.0688. The van der Waals surface area contributed by atoms with Gasteiger partial charge in [-0.25, -0.2) is 22.5 Å². The first-order chi connectivity index (χ1) is 21.2. The lowest BCUT2D eigenvalue weighted by molar-refractivity contribution is 0.102. The Kier molecular flexibility index (Phi) is 9.07. The first kappa shape index (κ1) is 30.5. The number of nitrogens with zero attached hydrogens (tertiary/aromatic N) is 1. The maximum atomic E-state index is 13.8. The van der Waals surface area contributed by atoms with E-state index in [1.54, 1.807) is 38.5 Å². The lowest BCUT2D eigenvalue weighted by Gasteiger charge is -2.22. The number of benzene rings is 4. The summed E-state index contributed by atoms with van der Waals surface area (Å²) in [6.07, 6.45) is 2.24. The number of carbonyl (C=O) groups excluding carboxylic acids is 1. The van der Waals surface area contributed by atoms with Gasteiger partial charge in [-0.2, -0.15) is 0 Å². The fourth-order valence-electron chi connectivity index (χ4n) is 4.82. The molecule has 1 aliphatic heterocycles. The van der Waals surface area contributed by atoms with E-state index in [9.17, 15) is 17.6 Å². The Morgan fingerprint density at radius 1 is 0.909 bits per heavy atom. The van der Waals surface area contributed by atoms with Crippen LogP contribution in [0.15, 0.2) is 107 Å². The average molecular weight is 615 g/mol. The molecule has 0 saturated heterocycles. The van der Waals surface area contributed by atoms with Crippen LogP contribution in [0.2, 0.25) is 0 Å². The number of fused-ring (bicyclic) bond motifs is 1. The maximum Gasteiger partial charge on any atom is 0.255 e. The van der Waals surface area contributed by atoms with Crippen molar-refractivity contribution in [3.05, 3.63) is 114 Å². The van der Waals surface area contributed by atoms with E-state index in [0.29, 0.717) is 35.1 Å². The summed E-state index contributed by atoms with van der Waals surface area (Å²) in [7, 11) is -1.05. The molecule has 0 fully saturated rings. The molecule has 0 spiro atoms. The number of nitrogens with one attached hydrogen (secondary N) is 3. The smallest absolute Gasteiger partial charge is 0.255 e. The number of anilines is 2. The van der Waals surface area contributed by atoms with Crippen molar-refractivity contribution in [2.75, 3.05) is 24.9 Å². The van der Waals surface area contributed by atoms with E-state index in [1.807, 2.05) is 37.3 Å². The maximum absolute atomic E-state index is 13.8. The molecule has 1 unspecified atom stereocenters. The number of allylic oxidation sites excluding steroid dienone is 1. The van der Waals surface area contributed by atoms with Gasteiger partial charge in [0.1, 0.15) is 23.2 Å². The number of ether oxygens (including phenoxy) is 2. The number of amidine groups is 1. The third-order valence-corrected chi connectivity index (χ3v) is 8.47. The van der Waals surface area contributed by atoms with Crippen molar-refractivity contribution in [2.45, 2.75) is 24.3 Å². The van der Waals surface area contributed by atoms with Crippen LogP contribution < -0.4 is 24.8 Å². The van der Waals surface area contributed by atoms with Crippen molar-refractivity contribution in [1.82, 2.24) is 4.72 Å². The van der Waals surface area contributed by atoms with Gasteiger partial charge in [0.05, 0.1) is 30.8 Å². The number of aliphatic imine (C=N–C) groups is 1. The Morgan fingerprint density at radius 2 is 1.64 bits per heavy atom. The summed E-state index contributed by atoms with van der Waals surface area (Å²) in [5.74, 6) is 0.333. The van der Waals surface area contributed by atoms with Gasteiger partial charge < -0.3 is 20.1 Å². The molecule has 1 atom stereocenters. The van der Waals surface area contributed by atoms with Gasteiger partial charge in [0.15, 0.2) is 0 Å². The molecule has 9 nitrogen and oxygen atoms in total. The first-order valence-electron chi connectivity index (χ1n) is 13.7. The zero-order valence-corrected chi connectivity index (χ0v) is 25.1. The van der Waals surface area contributed by atoms with E-state index >= 15 is 0 Å². The van der Waals surface area contributed by atoms with Crippen molar-refractivity contribution >= 4 is 44.4 Å². The number of halogens is 1. The third kappa shape index (κ3) is 6.96. The standard InChI is InChI=1S/C33H31FN4O5S/c1-4-21-16-31(32(37-30-14-6-5-13-29(21)30)35-25-17-26(42-2)20-27(18-25)43-3)38-44(40,41)28-12-8-11-24(19-28)36-33(39)22-9-7-10-23(34)15-22/h4-15,17-20,31,38H,16H2,1-3H3,(H,35,37)(H,36,39)/b21-4-. The predicted molar refractivity (Wildman–Crippen MR) is 170 cm³/mol. The van der Waals surface area contributed by atoms with Gasteiger partial charge in [-0.1, -0.05) is 36.4 Å². The van der Waals surface area contributed by atoms with Crippen LogP contribution in [0.1, 0.15) is 29.3 Å². The van der Waals surface area contributed by atoms with Gasteiger partial charge in [-0.3, -0.25) is 4.79 Å². The van der Waals surface area contributed by atoms with Crippen molar-refractivity contribution in [3.8, 4) is 11.5 Å². The molecular weight excluding hydrogens is 583 g/mol. The molecule has 44 heavy (non-hydrogen) atoms. The molecule has 3 N–H and O–H groups in total. The number of methoxy groups -OCH3 is 2. The Hall–Kier alpha value is -5.00. The zero-order valence-electron chi connectivity index (χ0n) is 24.3. The number of hydrogen-bond donors (Lipinski definition) is 3. The lowest BCUT2D eigenvalue weighted by atomic mass is 9.98. The van der Waals surface area contributed by atoms with E-state index in [4.69, 9.17) is 14.5 Å². The number of hydrogen-bond acceptors (Lipinski definition) is 7. The lowest BCUT2D eigenvalue weighted by Crippen LogP contribution is -2.43. The van der Waals surface area contributed by atoms with Crippen molar-refractivity contribution in [3.63, 3.8) is 0 Å². The van der Waals surface area contributed by atoms with Crippen molar-refractivity contribution in [2.24, 2.45) is 4.99 Å². The van der Waals surface area contributed by atoms with Gasteiger partial charge in [0.2, 0.25) is 10.0 Å². The van der Waals surface area contributed by atoms with E-state index in [2.05, 4.69) is 15.4 Å². The molecule has 4 aromatic carbocycles. The van der Waals surface area contributed by atoms with Crippen LogP contribution in [0.25, 0.3) is 5.57 Å². The highest BCUT2D eigenvalue weighted by molar-refractivity contribution is 7.89. The van der Waals surface area contributed by atoms with Crippen LogP contribution >= 0.6 is 0 Å². The minimum atomic E-state index is -4.13. The molecule has 11 heteroatoms. The number of amides is 1. The van der Waals surface area contributed by atoms with Crippen LogP contribution in [-0.2, 0) is 10.0 Å². The Morgan fingerprint density at radius 3 is 2.34 bits per heavy atom. The van der Waals surface area contributed by atoms with E-state index in [-0.39, 0.29) is 16.1 Å². The van der Waals surface area contributed by atoms with E-state index < -0.39 is 27.8 Å². The van der Waals surface area contributed by atoms with Crippen LogP contribution in [0.4, 0.5) is 21.5 Å². The molecule has 0 aliphatic carbocycles. The molecule has 0 bridgehead atoms. The topological polar surface area (TPSA) is 118 Å². The number of para-hydroxylation sites is 1. The highest BCUT2D eigenvalue weighted by Crippen LogP contribution is 2.34. The van der Waals surface area contributed by atoms with E-state index in [1.165, 1.54) is 36.4 Å². The Balaban J connectivity index is 1.48. The largest absolute Gasteiger partial charge is 0.497 e. The third-order valence-electron chi connectivity index (χ3n) is 7.00. The van der Waals surface area contributed by atoms with Crippen LogP contribution in [-0.4, -0.2) is 40.4 Å². The van der Waals surface area contributed by atoms with Gasteiger partial charge >= 0.3 is 0 Å². The van der Waals surface area contributed by atoms with Crippen LogP contribution in [0.5, 0.6) is 11.5 Å². The Bertz CT molecular complexity index is 1850. The van der Waals surface area contributed by atoms with Crippen LogP contribution in [0.3, 0.4) is 0 Å². The van der Waals surface area contributed by atoms with Gasteiger partial charge in [-0.05, 0) is 61.4 Å². The number of rotatable bonds is 8. The summed E-state index contributed by atoms with van der Waals surface area (Å²) in [6, 6.07) is 23.1. The van der Waals surface area contributed by atoms with E-state index in [0.717, 1.165) is 17.2 Å².